The molecule has 0 amide bonds. The first kappa shape index (κ1) is 11.8. The van der Waals surface area contributed by atoms with Crippen LogP contribution in [0.3, 0.4) is 0 Å². The standard InChI is InChI=1S/C12H16N4O/c1-9-3-4-16(7-11(9)17-2)12-10(5-13)6-14-8-15-12/h6,8-9,11H,3-4,7H2,1-2H3. The van der Waals surface area contributed by atoms with Crippen molar-refractivity contribution in [2.75, 3.05) is 25.1 Å². The van der Waals surface area contributed by atoms with E-state index in [-0.39, 0.29) is 6.10 Å². The Kier molecular flexibility index (Phi) is 3.55. The van der Waals surface area contributed by atoms with Gasteiger partial charge in [0.15, 0.2) is 0 Å². The first-order chi connectivity index (χ1) is 8.26. The van der Waals surface area contributed by atoms with Gasteiger partial charge in [0.1, 0.15) is 23.8 Å². The number of rotatable bonds is 2. The van der Waals surface area contributed by atoms with E-state index in [0.717, 1.165) is 25.3 Å². The lowest BCUT2D eigenvalue weighted by molar-refractivity contribution is 0.0496. The van der Waals surface area contributed by atoms with E-state index in [1.807, 2.05) is 0 Å². The molecular formula is C12H16N4O. The van der Waals surface area contributed by atoms with Crippen molar-refractivity contribution in [1.82, 2.24) is 9.97 Å². The maximum Gasteiger partial charge on any atom is 0.150 e. The van der Waals surface area contributed by atoms with Crippen LogP contribution in [0.2, 0.25) is 0 Å². The number of aromatic nitrogens is 2. The van der Waals surface area contributed by atoms with Gasteiger partial charge in [-0.2, -0.15) is 5.26 Å². The summed E-state index contributed by atoms with van der Waals surface area (Å²) in [6.07, 6.45) is 4.29. The average Bonchev–Trinajstić information content (AvgIpc) is 2.39. The van der Waals surface area contributed by atoms with Gasteiger partial charge in [0.25, 0.3) is 0 Å². The molecule has 5 heteroatoms. The molecule has 1 saturated heterocycles. The summed E-state index contributed by atoms with van der Waals surface area (Å²) in [5, 5.41) is 9.04. The van der Waals surface area contributed by atoms with Crippen LogP contribution >= 0.6 is 0 Å². The molecule has 5 nitrogen and oxygen atoms in total. The molecule has 0 spiro atoms. The molecule has 1 aromatic rings. The Morgan fingerprint density at radius 1 is 1.59 bits per heavy atom. The van der Waals surface area contributed by atoms with Crippen molar-refractivity contribution in [1.29, 1.82) is 5.26 Å². The van der Waals surface area contributed by atoms with Crippen LogP contribution in [0.5, 0.6) is 0 Å². The molecule has 2 heterocycles. The van der Waals surface area contributed by atoms with E-state index in [1.165, 1.54) is 6.33 Å². The predicted octanol–water partition coefficient (Wildman–Crippen LogP) is 1.21. The minimum Gasteiger partial charge on any atom is -0.379 e. The zero-order valence-electron chi connectivity index (χ0n) is 10.1. The Morgan fingerprint density at radius 2 is 2.41 bits per heavy atom. The van der Waals surface area contributed by atoms with Crippen LogP contribution in [0.4, 0.5) is 5.82 Å². The summed E-state index contributed by atoms with van der Waals surface area (Å²) in [6.45, 7) is 3.88. The van der Waals surface area contributed by atoms with Crippen molar-refractivity contribution in [3.05, 3.63) is 18.1 Å². The molecular weight excluding hydrogens is 216 g/mol. The minimum absolute atomic E-state index is 0.199. The summed E-state index contributed by atoms with van der Waals surface area (Å²) in [5.41, 5.74) is 0.525. The average molecular weight is 232 g/mol. The van der Waals surface area contributed by atoms with Gasteiger partial charge >= 0.3 is 0 Å². The summed E-state index contributed by atoms with van der Waals surface area (Å²) in [7, 11) is 1.73. The second-order valence-corrected chi connectivity index (χ2v) is 4.36. The Bertz CT molecular complexity index is 429. The van der Waals surface area contributed by atoms with Crippen LogP contribution in [-0.4, -0.2) is 36.3 Å². The number of hydrogen-bond donors (Lipinski definition) is 0. The maximum atomic E-state index is 9.04. The van der Waals surface area contributed by atoms with Gasteiger partial charge in [-0.15, -0.1) is 0 Å². The molecule has 0 saturated carbocycles. The van der Waals surface area contributed by atoms with Crippen LogP contribution in [-0.2, 0) is 4.74 Å². The quantitative estimate of drug-likeness (QED) is 0.767. The predicted molar refractivity (Wildman–Crippen MR) is 63.5 cm³/mol. The summed E-state index contributed by atoms with van der Waals surface area (Å²) in [4.78, 5) is 10.2. The molecule has 1 aromatic heterocycles. The second kappa shape index (κ2) is 5.11. The highest BCUT2D eigenvalue weighted by molar-refractivity contribution is 5.52. The van der Waals surface area contributed by atoms with Gasteiger partial charge in [0.05, 0.1) is 12.3 Å². The molecule has 1 fully saturated rings. The van der Waals surface area contributed by atoms with Gasteiger partial charge in [-0.25, -0.2) is 9.97 Å². The van der Waals surface area contributed by atoms with E-state index in [0.29, 0.717) is 11.5 Å². The summed E-state index contributed by atoms with van der Waals surface area (Å²) >= 11 is 0. The molecule has 0 N–H and O–H groups in total. The molecule has 0 radical (unpaired) electrons. The van der Waals surface area contributed by atoms with Crippen molar-refractivity contribution in [3.8, 4) is 6.07 Å². The topological polar surface area (TPSA) is 62.0 Å². The van der Waals surface area contributed by atoms with Crippen LogP contribution in [0.25, 0.3) is 0 Å². The van der Waals surface area contributed by atoms with Gasteiger partial charge in [-0.1, -0.05) is 6.92 Å². The Balaban J connectivity index is 2.21. The summed E-state index contributed by atoms with van der Waals surface area (Å²) < 4.78 is 5.46. The highest BCUT2D eigenvalue weighted by Crippen LogP contribution is 2.24. The fourth-order valence-corrected chi connectivity index (χ4v) is 2.19. The second-order valence-electron chi connectivity index (χ2n) is 4.36. The van der Waals surface area contributed by atoms with Crippen LogP contribution in [0.1, 0.15) is 18.9 Å². The van der Waals surface area contributed by atoms with Crippen LogP contribution in [0, 0.1) is 17.2 Å². The summed E-state index contributed by atoms with van der Waals surface area (Å²) in [6, 6.07) is 2.13. The highest BCUT2D eigenvalue weighted by atomic mass is 16.5. The SMILES string of the molecule is COC1CN(c2ncncc2C#N)CCC1C. The third-order valence-corrected chi connectivity index (χ3v) is 3.30. The molecule has 2 unspecified atom stereocenters. The van der Waals surface area contributed by atoms with Crippen LogP contribution in [0.15, 0.2) is 12.5 Å². The lowest BCUT2D eigenvalue weighted by atomic mass is 9.95. The third kappa shape index (κ3) is 2.37. The van der Waals surface area contributed by atoms with E-state index in [4.69, 9.17) is 10.00 Å². The lowest BCUT2D eigenvalue weighted by Gasteiger charge is -2.37. The van der Waals surface area contributed by atoms with Crippen molar-refractivity contribution in [2.45, 2.75) is 19.4 Å². The smallest absolute Gasteiger partial charge is 0.150 e. The zero-order valence-corrected chi connectivity index (χ0v) is 10.1. The molecule has 0 bridgehead atoms. The molecule has 2 rings (SSSR count). The lowest BCUT2D eigenvalue weighted by Crippen LogP contribution is -2.44. The fraction of sp³-hybridized carbons (Fsp3) is 0.583. The van der Waals surface area contributed by atoms with E-state index in [1.54, 1.807) is 13.3 Å². The molecule has 0 aromatic carbocycles. The number of piperidine rings is 1. The third-order valence-electron chi connectivity index (χ3n) is 3.30. The highest BCUT2D eigenvalue weighted by Gasteiger charge is 2.27. The van der Waals surface area contributed by atoms with Gasteiger partial charge < -0.3 is 9.64 Å². The van der Waals surface area contributed by atoms with E-state index in [9.17, 15) is 0 Å². The van der Waals surface area contributed by atoms with Gasteiger partial charge in [0, 0.05) is 20.2 Å². The monoisotopic (exact) mass is 232 g/mol. The first-order valence-corrected chi connectivity index (χ1v) is 5.74. The number of nitriles is 1. The Hall–Kier alpha value is -1.67. The number of anilines is 1. The Labute approximate surface area is 101 Å². The van der Waals surface area contributed by atoms with E-state index < -0.39 is 0 Å². The van der Waals surface area contributed by atoms with E-state index in [2.05, 4.69) is 27.9 Å². The number of hydrogen-bond acceptors (Lipinski definition) is 5. The Morgan fingerprint density at radius 3 is 3.12 bits per heavy atom. The molecule has 2 atom stereocenters. The minimum atomic E-state index is 0.199. The van der Waals surface area contributed by atoms with Gasteiger partial charge in [0.2, 0.25) is 0 Å². The van der Waals surface area contributed by atoms with Crippen molar-refractivity contribution in [3.63, 3.8) is 0 Å². The largest absolute Gasteiger partial charge is 0.379 e. The zero-order chi connectivity index (χ0) is 12.3. The van der Waals surface area contributed by atoms with Crippen molar-refractivity contribution in [2.24, 2.45) is 5.92 Å². The first-order valence-electron chi connectivity index (χ1n) is 5.74. The molecule has 1 aliphatic heterocycles. The van der Waals surface area contributed by atoms with Crippen LogP contribution < -0.4 is 4.90 Å². The number of nitrogens with zero attached hydrogens (tertiary/aromatic N) is 4. The normalized spacial score (nSPS) is 24.4. The fourth-order valence-electron chi connectivity index (χ4n) is 2.19. The number of ether oxygens (including phenoxy) is 1. The van der Waals surface area contributed by atoms with Gasteiger partial charge in [-0.05, 0) is 12.3 Å². The molecule has 1 aliphatic rings. The van der Waals surface area contributed by atoms with Crippen molar-refractivity contribution >= 4 is 5.82 Å². The maximum absolute atomic E-state index is 9.04. The van der Waals surface area contributed by atoms with E-state index >= 15 is 0 Å². The molecule has 0 aliphatic carbocycles. The molecule has 90 valence electrons. The number of methoxy groups -OCH3 is 1. The summed E-state index contributed by atoms with van der Waals surface area (Å²) in [5.74, 6) is 1.26. The van der Waals surface area contributed by atoms with Crippen molar-refractivity contribution < 1.29 is 4.74 Å². The van der Waals surface area contributed by atoms with Gasteiger partial charge in [-0.3, -0.25) is 0 Å². The molecule has 17 heavy (non-hydrogen) atoms.